The zero-order valence-electron chi connectivity index (χ0n) is 31.1. The van der Waals surface area contributed by atoms with E-state index in [4.69, 9.17) is 4.99 Å². The van der Waals surface area contributed by atoms with Crippen LogP contribution in [0.4, 0.5) is 11.4 Å². The van der Waals surface area contributed by atoms with Gasteiger partial charge in [-0.25, -0.2) is 4.99 Å². The van der Waals surface area contributed by atoms with E-state index in [-0.39, 0.29) is 29.0 Å². The van der Waals surface area contributed by atoms with Crippen LogP contribution < -0.4 is 5.32 Å². The number of fused-ring (bicyclic) bond motifs is 4. The molecule has 11 heteroatoms. The van der Waals surface area contributed by atoms with Gasteiger partial charge < -0.3 is 5.32 Å². The van der Waals surface area contributed by atoms with Crippen LogP contribution in [0.25, 0.3) is 6.08 Å². The molecule has 0 unspecified atom stereocenters. The van der Waals surface area contributed by atoms with Gasteiger partial charge in [0.25, 0.3) is 11.6 Å². The topological polar surface area (TPSA) is 111 Å². The summed E-state index contributed by atoms with van der Waals surface area (Å²) in [4.78, 5) is 55.1. The molecule has 10 rings (SSSR count). The van der Waals surface area contributed by atoms with Crippen molar-refractivity contribution in [2.75, 3.05) is 32.0 Å². The third-order valence-corrected chi connectivity index (χ3v) is 13.7. The lowest BCUT2D eigenvalue weighted by Crippen LogP contribution is -2.62. The molecule has 0 aromatic heterocycles. The van der Waals surface area contributed by atoms with Crippen molar-refractivity contribution in [1.29, 1.82) is 0 Å². The van der Waals surface area contributed by atoms with Crippen molar-refractivity contribution in [1.82, 2.24) is 14.7 Å². The molecule has 5 aromatic carbocycles. The highest BCUT2D eigenvalue weighted by atomic mass is 32.2. The van der Waals surface area contributed by atoms with Crippen molar-refractivity contribution in [3.05, 3.63) is 194 Å². The van der Waals surface area contributed by atoms with Crippen LogP contribution in [0.1, 0.15) is 39.8 Å². The van der Waals surface area contributed by atoms with E-state index in [1.165, 1.54) is 23.4 Å². The van der Waals surface area contributed by atoms with Crippen LogP contribution in [0.3, 0.4) is 0 Å². The number of likely N-dealkylation sites (tertiary alicyclic amines) is 1. The van der Waals surface area contributed by atoms with Crippen molar-refractivity contribution in [2.24, 2.45) is 4.99 Å². The molecule has 0 bridgehead atoms. The summed E-state index contributed by atoms with van der Waals surface area (Å²) in [5, 5.41) is 16.3. The zero-order valence-corrected chi connectivity index (χ0v) is 31.9. The summed E-state index contributed by atoms with van der Waals surface area (Å²) in [6.45, 7) is 2.10. The maximum Gasteiger partial charge on any atom is 0.272 e. The molecule has 1 N–H and O–H groups in total. The Labute approximate surface area is 334 Å². The lowest BCUT2D eigenvalue weighted by atomic mass is 9.71. The smallest absolute Gasteiger partial charge is 0.272 e. The van der Waals surface area contributed by atoms with E-state index >= 15 is 4.79 Å². The number of amides is 2. The number of benzene rings is 5. The van der Waals surface area contributed by atoms with Gasteiger partial charge in [0.2, 0.25) is 5.91 Å². The number of hydrogen-bond acceptors (Lipinski definition) is 8. The van der Waals surface area contributed by atoms with E-state index in [1.54, 1.807) is 18.2 Å². The summed E-state index contributed by atoms with van der Waals surface area (Å²) in [5.41, 5.74) is 6.10. The molecule has 0 saturated carbocycles. The van der Waals surface area contributed by atoms with E-state index in [0.717, 1.165) is 28.0 Å². The molecule has 282 valence electrons. The summed E-state index contributed by atoms with van der Waals surface area (Å²) in [5.74, 6) is -1.38. The van der Waals surface area contributed by atoms with Crippen molar-refractivity contribution in [2.45, 2.75) is 28.8 Å². The Balaban J connectivity index is 1.21. The molecule has 2 amide bonds. The average Bonchev–Trinajstić information content (AvgIpc) is 3.81. The Hall–Kier alpha value is -6.14. The number of likely N-dealkylation sites (N-methyl/N-ethyl adjacent to an activating group) is 1. The van der Waals surface area contributed by atoms with Gasteiger partial charge in [0.15, 0.2) is 10.7 Å². The monoisotopic (exact) mass is 770 g/mol. The predicted octanol–water partition coefficient (Wildman–Crippen LogP) is 7.75. The predicted molar refractivity (Wildman–Crippen MR) is 222 cm³/mol. The first-order chi connectivity index (χ1) is 27.8. The minimum absolute atomic E-state index is 0.0825. The Morgan fingerprint density at radius 1 is 0.860 bits per heavy atom. The highest BCUT2D eigenvalue weighted by molar-refractivity contribution is 8.16. The maximum atomic E-state index is 16.3. The molecule has 5 heterocycles. The highest BCUT2D eigenvalue weighted by Gasteiger charge is 2.79. The number of carbonyl (C=O) groups is 2. The van der Waals surface area contributed by atoms with Crippen molar-refractivity contribution in [3.8, 4) is 0 Å². The second kappa shape index (κ2) is 13.5. The third-order valence-electron chi connectivity index (χ3n) is 12.2. The molecule has 5 aromatic rings. The number of nitro benzene ring substituents is 1. The Bertz CT molecular complexity index is 2560. The van der Waals surface area contributed by atoms with Crippen LogP contribution in [0.15, 0.2) is 161 Å². The first-order valence-corrected chi connectivity index (χ1v) is 19.9. The van der Waals surface area contributed by atoms with Gasteiger partial charge in [-0.05, 0) is 47.0 Å². The highest BCUT2D eigenvalue weighted by Crippen LogP contribution is 2.68. The Morgan fingerprint density at radius 3 is 2.28 bits per heavy atom. The number of hydrogen-bond donors (Lipinski definition) is 1. The standard InChI is InChI=1S/C46H38N6O4S/c1-49-29-37(34-21-11-14-24-39(34)52(55)56)46(45(49)36-22-12-13-23-38(36)47-42(45)53)43(54)51-41(32-19-9-4-10-20-32)35-28-50(26-31-17-7-3-8-18-31)27-33(40(35)48-44(51)57-46)25-30-15-5-2-6-16-30/h2-25,37,41H,26-29H2,1H3,(H,47,53)/b33-25+/t37-,41+,45+,46-/m0/s1. The van der Waals surface area contributed by atoms with Crippen molar-refractivity contribution in [3.63, 3.8) is 0 Å². The van der Waals surface area contributed by atoms with Crippen LogP contribution in [-0.4, -0.2) is 68.0 Å². The van der Waals surface area contributed by atoms with Crippen LogP contribution in [-0.2, 0) is 21.7 Å². The lowest BCUT2D eigenvalue weighted by molar-refractivity contribution is -0.385. The number of thioether (sulfide) groups is 1. The van der Waals surface area contributed by atoms with Gasteiger partial charge in [0, 0.05) is 55.0 Å². The molecular weight excluding hydrogens is 733 g/mol. The van der Waals surface area contributed by atoms with Gasteiger partial charge >= 0.3 is 0 Å². The number of nitro groups is 1. The second-order valence-corrected chi connectivity index (χ2v) is 16.5. The molecule has 2 fully saturated rings. The number of nitrogens with one attached hydrogen (secondary N) is 1. The van der Waals surface area contributed by atoms with Crippen LogP contribution in [0, 0.1) is 10.1 Å². The summed E-state index contributed by atoms with van der Waals surface area (Å²) >= 11 is 1.30. The van der Waals surface area contributed by atoms with E-state index in [1.807, 2.05) is 108 Å². The molecule has 0 radical (unpaired) electrons. The number of nitrogens with zero attached hydrogens (tertiary/aromatic N) is 5. The molecule has 5 aliphatic heterocycles. The second-order valence-electron chi connectivity index (χ2n) is 15.3. The SMILES string of the molecule is CN1C[C@@H](c2ccccc2[N+](=O)[O-])[C@@]2(SC3=NC4=C(CN(Cc5ccccc5)C/C4=C\c4ccccc4)[C@@H](c4ccccc4)N3C2=O)[C@@]12C(=O)Nc1ccccc12. The van der Waals surface area contributed by atoms with Crippen molar-refractivity contribution >= 4 is 46.2 Å². The van der Waals surface area contributed by atoms with Gasteiger partial charge in [0.05, 0.1) is 16.7 Å². The van der Waals surface area contributed by atoms with E-state index in [2.05, 4.69) is 40.6 Å². The molecular formula is C46H38N6O4S. The van der Waals surface area contributed by atoms with Gasteiger partial charge in [-0.15, -0.1) is 0 Å². The Morgan fingerprint density at radius 2 is 1.53 bits per heavy atom. The number of para-hydroxylation sites is 2. The lowest BCUT2D eigenvalue weighted by Gasteiger charge is -2.43. The number of amidine groups is 1. The fourth-order valence-electron chi connectivity index (χ4n) is 9.90. The summed E-state index contributed by atoms with van der Waals surface area (Å²) in [7, 11) is 1.85. The molecule has 10 nitrogen and oxygen atoms in total. The minimum Gasteiger partial charge on any atom is -0.324 e. The van der Waals surface area contributed by atoms with Crippen LogP contribution in [0.5, 0.6) is 0 Å². The number of anilines is 1. The van der Waals surface area contributed by atoms with E-state index in [0.29, 0.717) is 41.6 Å². The van der Waals surface area contributed by atoms with Crippen LogP contribution in [0.2, 0.25) is 0 Å². The zero-order chi connectivity index (χ0) is 38.9. The van der Waals surface area contributed by atoms with Crippen molar-refractivity contribution < 1.29 is 14.5 Å². The number of aliphatic imine (C=N–C) groups is 1. The quantitative estimate of drug-likeness (QED) is 0.139. The molecule has 2 spiro atoms. The number of carbonyl (C=O) groups excluding carboxylic acids is 2. The first kappa shape index (κ1) is 35.3. The summed E-state index contributed by atoms with van der Waals surface area (Å²) in [6.07, 6.45) is 2.19. The van der Waals surface area contributed by atoms with E-state index in [9.17, 15) is 14.9 Å². The first-order valence-electron chi connectivity index (χ1n) is 19.1. The third kappa shape index (κ3) is 5.22. The van der Waals surface area contributed by atoms with Gasteiger partial charge in [-0.3, -0.25) is 34.4 Å². The minimum atomic E-state index is -1.57. The molecule has 5 aliphatic rings. The van der Waals surface area contributed by atoms with Crippen LogP contribution >= 0.6 is 11.8 Å². The van der Waals surface area contributed by atoms with Gasteiger partial charge in [-0.1, -0.05) is 139 Å². The number of rotatable bonds is 6. The molecule has 0 aliphatic carbocycles. The molecule has 2 saturated heterocycles. The maximum absolute atomic E-state index is 16.3. The molecule has 4 atom stereocenters. The molecule has 57 heavy (non-hydrogen) atoms. The van der Waals surface area contributed by atoms with E-state index < -0.39 is 22.2 Å². The fraction of sp³-hybridized carbons (Fsp3) is 0.196. The fourth-order valence-corrected chi connectivity index (χ4v) is 11.6. The summed E-state index contributed by atoms with van der Waals surface area (Å²) in [6, 6.07) is 44.2. The normalized spacial score (nSPS) is 26.2. The van der Waals surface area contributed by atoms with Gasteiger partial charge in [-0.2, -0.15) is 0 Å². The van der Waals surface area contributed by atoms with Gasteiger partial charge in [0.1, 0.15) is 4.75 Å². The summed E-state index contributed by atoms with van der Waals surface area (Å²) < 4.78 is -1.57. The Kier molecular flexibility index (Phi) is 8.36. The average molecular weight is 771 g/mol. The largest absolute Gasteiger partial charge is 0.324 e.